The first-order chi connectivity index (χ1) is 12.3. The summed E-state index contributed by atoms with van der Waals surface area (Å²) in [4.78, 5) is 6.54. The molecule has 2 aromatic rings. The number of rotatable bonds is 4. The second kappa shape index (κ2) is 8.98. The molecule has 1 aromatic heterocycles. The third-order valence-electron chi connectivity index (χ3n) is 5.29. The van der Waals surface area contributed by atoms with Gasteiger partial charge in [0.15, 0.2) is 11.6 Å². The SMILES string of the molecule is Cl.Fc1cc2cnccc2cc1OC1CCN(CC2CCCOC2)CC1. The van der Waals surface area contributed by atoms with Gasteiger partial charge in [-0.1, -0.05) is 0 Å². The molecule has 0 bridgehead atoms. The lowest BCUT2D eigenvalue weighted by Crippen LogP contribution is -2.42. The number of hydrogen-bond acceptors (Lipinski definition) is 4. The molecule has 1 unspecified atom stereocenters. The van der Waals surface area contributed by atoms with E-state index in [9.17, 15) is 4.39 Å². The van der Waals surface area contributed by atoms with Gasteiger partial charge < -0.3 is 14.4 Å². The summed E-state index contributed by atoms with van der Waals surface area (Å²) in [5.74, 6) is 0.720. The maximum absolute atomic E-state index is 14.3. The Hall–Kier alpha value is -1.43. The molecule has 0 radical (unpaired) electrons. The highest BCUT2D eigenvalue weighted by Gasteiger charge is 2.24. The van der Waals surface area contributed by atoms with Gasteiger partial charge >= 0.3 is 0 Å². The number of piperidine rings is 1. The molecule has 2 saturated heterocycles. The first-order valence-corrected chi connectivity index (χ1v) is 9.28. The van der Waals surface area contributed by atoms with Crippen molar-refractivity contribution in [1.82, 2.24) is 9.88 Å². The van der Waals surface area contributed by atoms with Crippen LogP contribution in [0.25, 0.3) is 10.8 Å². The Morgan fingerprint density at radius 2 is 2.04 bits per heavy atom. The summed E-state index contributed by atoms with van der Waals surface area (Å²) in [5.41, 5.74) is 0. The van der Waals surface area contributed by atoms with Crippen molar-refractivity contribution in [2.45, 2.75) is 31.8 Å². The number of benzene rings is 1. The van der Waals surface area contributed by atoms with Crippen molar-refractivity contribution in [3.05, 3.63) is 36.4 Å². The van der Waals surface area contributed by atoms with Gasteiger partial charge in [0.1, 0.15) is 6.10 Å². The fourth-order valence-electron chi connectivity index (χ4n) is 3.88. The Labute approximate surface area is 160 Å². The van der Waals surface area contributed by atoms with Crippen LogP contribution in [0.15, 0.2) is 30.6 Å². The standard InChI is InChI=1S/C20H25FN2O2.ClH/c21-19-10-17-12-22-6-3-16(17)11-20(19)25-18-4-7-23(8-5-18)13-15-2-1-9-24-14-15;/h3,6,10-12,15,18H,1-2,4-5,7-9,13-14H2;1H. The fraction of sp³-hybridized carbons (Fsp3) is 0.550. The zero-order valence-electron chi connectivity index (χ0n) is 14.9. The number of likely N-dealkylation sites (tertiary alicyclic amines) is 1. The third kappa shape index (κ3) is 4.64. The van der Waals surface area contributed by atoms with E-state index in [1.54, 1.807) is 18.5 Å². The van der Waals surface area contributed by atoms with E-state index < -0.39 is 0 Å². The number of pyridine rings is 1. The summed E-state index contributed by atoms with van der Waals surface area (Å²) >= 11 is 0. The van der Waals surface area contributed by atoms with Crippen molar-refractivity contribution in [3.8, 4) is 5.75 Å². The van der Waals surface area contributed by atoms with Gasteiger partial charge in [0.05, 0.1) is 6.61 Å². The van der Waals surface area contributed by atoms with E-state index >= 15 is 0 Å². The van der Waals surface area contributed by atoms with Gasteiger partial charge in [-0.2, -0.15) is 0 Å². The molecule has 6 heteroatoms. The molecule has 4 rings (SSSR count). The number of fused-ring (bicyclic) bond motifs is 1. The van der Waals surface area contributed by atoms with E-state index in [1.807, 2.05) is 6.07 Å². The molecule has 0 saturated carbocycles. The molecule has 0 amide bonds. The number of halogens is 2. The zero-order valence-corrected chi connectivity index (χ0v) is 15.7. The van der Waals surface area contributed by atoms with Crippen LogP contribution in [0.2, 0.25) is 0 Å². The van der Waals surface area contributed by atoms with Crippen molar-refractivity contribution in [3.63, 3.8) is 0 Å². The lowest BCUT2D eigenvalue weighted by Gasteiger charge is -2.35. The van der Waals surface area contributed by atoms with Crippen LogP contribution in [0.3, 0.4) is 0 Å². The molecule has 2 aliphatic rings. The second-order valence-corrected chi connectivity index (χ2v) is 7.21. The maximum Gasteiger partial charge on any atom is 0.165 e. The molecule has 1 aromatic carbocycles. The monoisotopic (exact) mass is 380 g/mol. The van der Waals surface area contributed by atoms with E-state index in [0.29, 0.717) is 11.7 Å². The normalized spacial score (nSPS) is 22.1. The molecule has 26 heavy (non-hydrogen) atoms. The van der Waals surface area contributed by atoms with Gasteiger partial charge in [-0.15, -0.1) is 12.4 Å². The van der Waals surface area contributed by atoms with Gasteiger partial charge in [0.25, 0.3) is 0 Å². The first-order valence-electron chi connectivity index (χ1n) is 9.28. The molecule has 0 N–H and O–H groups in total. The van der Waals surface area contributed by atoms with Crippen LogP contribution in [0.4, 0.5) is 4.39 Å². The van der Waals surface area contributed by atoms with Crippen LogP contribution >= 0.6 is 12.4 Å². The Balaban J connectivity index is 0.00000196. The van der Waals surface area contributed by atoms with Crippen LogP contribution in [0.1, 0.15) is 25.7 Å². The minimum Gasteiger partial charge on any atom is -0.487 e. The first kappa shape index (κ1) is 19.3. The lowest BCUT2D eigenvalue weighted by atomic mass is 9.99. The van der Waals surface area contributed by atoms with Crippen LogP contribution in [-0.4, -0.2) is 48.8 Å². The van der Waals surface area contributed by atoms with E-state index in [0.717, 1.165) is 56.5 Å². The highest BCUT2D eigenvalue weighted by Crippen LogP contribution is 2.27. The van der Waals surface area contributed by atoms with Gasteiger partial charge in [0, 0.05) is 44.0 Å². The van der Waals surface area contributed by atoms with Gasteiger partial charge in [-0.05, 0) is 55.2 Å². The van der Waals surface area contributed by atoms with Crippen molar-refractivity contribution < 1.29 is 13.9 Å². The van der Waals surface area contributed by atoms with Gasteiger partial charge in [-0.25, -0.2) is 4.39 Å². The summed E-state index contributed by atoms with van der Waals surface area (Å²) in [7, 11) is 0. The summed E-state index contributed by atoms with van der Waals surface area (Å²) in [6.45, 7) is 4.96. The molecule has 0 spiro atoms. The number of aromatic nitrogens is 1. The average Bonchev–Trinajstić information content (AvgIpc) is 2.65. The van der Waals surface area contributed by atoms with Crippen LogP contribution < -0.4 is 4.74 Å². The molecule has 2 aliphatic heterocycles. The number of hydrogen-bond donors (Lipinski definition) is 0. The quantitative estimate of drug-likeness (QED) is 0.801. The average molecular weight is 381 g/mol. The molecule has 2 fully saturated rings. The highest BCUT2D eigenvalue weighted by atomic mass is 35.5. The summed E-state index contributed by atoms with van der Waals surface area (Å²) in [5, 5.41) is 1.76. The predicted molar refractivity (Wildman–Crippen MR) is 103 cm³/mol. The van der Waals surface area contributed by atoms with Gasteiger partial charge in [0.2, 0.25) is 0 Å². The molecule has 3 heterocycles. The van der Waals surface area contributed by atoms with E-state index in [2.05, 4.69) is 9.88 Å². The predicted octanol–water partition coefficient (Wildman–Crippen LogP) is 4.07. The minimum atomic E-state index is -0.303. The molecular weight excluding hydrogens is 355 g/mol. The maximum atomic E-state index is 14.3. The minimum absolute atomic E-state index is 0. The fourth-order valence-corrected chi connectivity index (χ4v) is 3.88. The largest absolute Gasteiger partial charge is 0.487 e. The van der Waals surface area contributed by atoms with Gasteiger partial charge in [-0.3, -0.25) is 4.98 Å². The summed E-state index contributed by atoms with van der Waals surface area (Å²) in [6.07, 6.45) is 7.83. The van der Waals surface area contributed by atoms with Crippen molar-refractivity contribution >= 4 is 23.2 Å². The summed E-state index contributed by atoms with van der Waals surface area (Å²) < 4.78 is 25.8. The van der Waals surface area contributed by atoms with Crippen LogP contribution in [-0.2, 0) is 4.74 Å². The van der Waals surface area contributed by atoms with Crippen LogP contribution in [0.5, 0.6) is 5.75 Å². The smallest absolute Gasteiger partial charge is 0.165 e. The Kier molecular flexibility index (Phi) is 6.68. The summed E-state index contributed by atoms with van der Waals surface area (Å²) in [6, 6.07) is 5.18. The van der Waals surface area contributed by atoms with Crippen molar-refractivity contribution in [1.29, 1.82) is 0 Å². The highest BCUT2D eigenvalue weighted by molar-refractivity contribution is 5.85. The molecule has 4 nitrogen and oxygen atoms in total. The van der Waals surface area contributed by atoms with Crippen LogP contribution in [0, 0.1) is 11.7 Å². The second-order valence-electron chi connectivity index (χ2n) is 7.21. The molecular formula is C20H26ClFN2O2. The molecule has 0 aliphatic carbocycles. The van der Waals surface area contributed by atoms with Crippen molar-refractivity contribution in [2.24, 2.45) is 5.92 Å². The van der Waals surface area contributed by atoms with E-state index in [4.69, 9.17) is 9.47 Å². The Morgan fingerprint density at radius 3 is 2.81 bits per heavy atom. The molecule has 1 atom stereocenters. The zero-order chi connectivity index (χ0) is 17.1. The molecule has 142 valence electrons. The third-order valence-corrected chi connectivity index (χ3v) is 5.29. The topological polar surface area (TPSA) is 34.6 Å². The van der Waals surface area contributed by atoms with E-state index in [1.165, 1.54) is 18.9 Å². The lowest BCUT2D eigenvalue weighted by molar-refractivity contribution is 0.0257. The number of ether oxygens (including phenoxy) is 2. The van der Waals surface area contributed by atoms with Crippen molar-refractivity contribution in [2.75, 3.05) is 32.8 Å². The Bertz CT molecular complexity index is 716. The number of nitrogens with zero attached hydrogens (tertiary/aromatic N) is 2. The Morgan fingerprint density at radius 1 is 1.19 bits per heavy atom. The van der Waals surface area contributed by atoms with E-state index in [-0.39, 0.29) is 24.3 Å².